The highest BCUT2D eigenvalue weighted by Crippen LogP contribution is 2.36. The first kappa shape index (κ1) is 31.2. The molecule has 2 N–H and O–H groups in total. The Kier molecular flexibility index (Phi) is 9.62. The van der Waals surface area contributed by atoms with Gasteiger partial charge in [0, 0.05) is 59.6 Å². The number of carbonyl (C=O) groups excluding carboxylic acids is 2. The van der Waals surface area contributed by atoms with Crippen LogP contribution < -0.4 is 10.6 Å². The van der Waals surface area contributed by atoms with E-state index in [0.717, 1.165) is 59.4 Å². The van der Waals surface area contributed by atoms with Crippen molar-refractivity contribution in [3.05, 3.63) is 130 Å². The molecule has 1 aliphatic rings. The van der Waals surface area contributed by atoms with Crippen LogP contribution in [-0.2, 0) is 13.1 Å². The second kappa shape index (κ2) is 13.6. The second-order valence-electron chi connectivity index (χ2n) is 13.3. The van der Waals surface area contributed by atoms with Gasteiger partial charge in [0.1, 0.15) is 13.1 Å². The highest BCUT2D eigenvalue weighted by Gasteiger charge is 2.34. The zero-order chi connectivity index (χ0) is 31.2. The molecule has 0 heterocycles. The number of quaternary nitrogens is 2. The van der Waals surface area contributed by atoms with Crippen LogP contribution in [0.5, 0.6) is 0 Å². The first-order valence-electron chi connectivity index (χ1n) is 15.7. The molecule has 5 rings (SSSR count). The van der Waals surface area contributed by atoms with Crippen molar-refractivity contribution in [2.75, 3.05) is 65.0 Å². The van der Waals surface area contributed by atoms with Gasteiger partial charge in [0.25, 0.3) is 0 Å². The lowest BCUT2D eigenvalue weighted by molar-refractivity contribution is -0.903. The Morgan fingerprint density at radius 1 is 0.500 bits per heavy atom. The summed E-state index contributed by atoms with van der Waals surface area (Å²) in [5.41, 5.74) is 6.03. The van der Waals surface area contributed by atoms with E-state index in [4.69, 9.17) is 0 Å². The minimum Gasteiger partial charge on any atom is -0.384 e. The van der Waals surface area contributed by atoms with Gasteiger partial charge >= 0.3 is 0 Å². The smallest absolute Gasteiger partial charge is 0.196 e. The Morgan fingerprint density at radius 2 is 0.864 bits per heavy atom. The largest absolute Gasteiger partial charge is 0.384 e. The van der Waals surface area contributed by atoms with Gasteiger partial charge in [0.05, 0.1) is 52.4 Å². The minimum absolute atomic E-state index is 0.0952. The maximum atomic E-state index is 13.8. The fourth-order valence-corrected chi connectivity index (χ4v) is 6.29. The molecule has 0 atom stereocenters. The molecule has 1 aliphatic carbocycles. The molecule has 0 saturated carbocycles. The van der Waals surface area contributed by atoms with Crippen molar-refractivity contribution >= 4 is 22.9 Å². The molecule has 0 saturated heterocycles. The highest BCUT2D eigenvalue weighted by molar-refractivity contribution is 6.31. The molecule has 0 bridgehead atoms. The monoisotopic (exact) mass is 590 g/mol. The van der Waals surface area contributed by atoms with Gasteiger partial charge in [-0.05, 0) is 12.1 Å². The molecule has 0 fully saturated rings. The van der Waals surface area contributed by atoms with Gasteiger partial charge in [-0.3, -0.25) is 9.59 Å². The maximum Gasteiger partial charge on any atom is 0.196 e. The van der Waals surface area contributed by atoms with E-state index in [9.17, 15) is 9.59 Å². The van der Waals surface area contributed by atoms with E-state index in [0.29, 0.717) is 35.3 Å². The fraction of sp³-hybridized carbons (Fsp3) is 0.316. The van der Waals surface area contributed by atoms with Crippen LogP contribution in [0, 0.1) is 0 Å². The summed E-state index contributed by atoms with van der Waals surface area (Å²) in [5.74, 6) is -0.190. The number of ketones is 2. The van der Waals surface area contributed by atoms with Crippen molar-refractivity contribution in [2.24, 2.45) is 0 Å². The predicted molar refractivity (Wildman–Crippen MR) is 180 cm³/mol. The van der Waals surface area contributed by atoms with Crippen molar-refractivity contribution < 1.29 is 18.6 Å². The quantitative estimate of drug-likeness (QED) is 0.113. The molecule has 0 unspecified atom stereocenters. The number of nitrogens with one attached hydrogen (secondary N) is 2. The molecule has 228 valence electrons. The lowest BCUT2D eigenvalue weighted by Crippen LogP contribution is -2.40. The maximum absolute atomic E-state index is 13.8. The van der Waals surface area contributed by atoms with Crippen LogP contribution >= 0.6 is 0 Å². The van der Waals surface area contributed by atoms with Crippen LogP contribution in [0.3, 0.4) is 0 Å². The van der Waals surface area contributed by atoms with Crippen molar-refractivity contribution in [2.45, 2.75) is 25.9 Å². The van der Waals surface area contributed by atoms with E-state index in [1.165, 1.54) is 11.1 Å². The highest BCUT2D eigenvalue weighted by atomic mass is 16.1. The van der Waals surface area contributed by atoms with Crippen LogP contribution in [0.1, 0.15) is 55.8 Å². The molecule has 0 aromatic heterocycles. The summed E-state index contributed by atoms with van der Waals surface area (Å²) in [7, 11) is 8.98. The Hall–Kier alpha value is -4.26. The van der Waals surface area contributed by atoms with E-state index < -0.39 is 0 Å². The Morgan fingerprint density at radius 3 is 1.25 bits per heavy atom. The first-order valence-corrected chi connectivity index (χ1v) is 15.7. The van der Waals surface area contributed by atoms with Gasteiger partial charge in [-0.2, -0.15) is 0 Å². The number of fused-ring (bicyclic) bond motifs is 2. The molecule has 0 aliphatic heterocycles. The molecule has 0 spiro atoms. The standard InChI is InChI=1S/C38H44N4O2/c1-41(2,27-29-15-7-5-8-16-29)25-13-23-39-33-21-22-34(36-35(33)37(43)31-19-11-12-20-32(31)38(36)44)40-24-14-26-42(3,4)28-30-17-9-6-10-18-30/h5-12,15-22H,13-14,23-28H2,1-4H3/p+2. The Balaban J connectivity index is 1.27. The third kappa shape index (κ3) is 7.62. The van der Waals surface area contributed by atoms with E-state index in [1.54, 1.807) is 12.1 Å². The molecule has 6 nitrogen and oxygen atoms in total. The summed E-state index contributed by atoms with van der Waals surface area (Å²) in [4.78, 5) is 27.7. The molecule has 44 heavy (non-hydrogen) atoms. The van der Waals surface area contributed by atoms with Gasteiger partial charge in [0.15, 0.2) is 11.6 Å². The van der Waals surface area contributed by atoms with Crippen LogP contribution in [0.2, 0.25) is 0 Å². The number of rotatable bonds is 14. The third-order valence-corrected chi connectivity index (χ3v) is 8.49. The average molecular weight is 591 g/mol. The van der Waals surface area contributed by atoms with Gasteiger partial charge < -0.3 is 19.6 Å². The van der Waals surface area contributed by atoms with Gasteiger partial charge in [-0.15, -0.1) is 0 Å². The van der Waals surface area contributed by atoms with Crippen molar-refractivity contribution in [3.63, 3.8) is 0 Å². The van der Waals surface area contributed by atoms with E-state index in [-0.39, 0.29) is 11.6 Å². The van der Waals surface area contributed by atoms with Crippen molar-refractivity contribution in [3.8, 4) is 0 Å². The molecular weight excluding hydrogens is 544 g/mol. The SMILES string of the molecule is C[N+](C)(CCCNc1ccc(NCCC[N+](C)(C)Cc2ccccc2)c2c1C(=O)c1ccccc1C2=O)Cc1ccccc1. The number of nitrogens with zero attached hydrogens (tertiary/aromatic N) is 2. The second-order valence-corrected chi connectivity index (χ2v) is 13.3. The summed E-state index contributed by atoms with van der Waals surface area (Å²) < 4.78 is 1.75. The van der Waals surface area contributed by atoms with E-state index >= 15 is 0 Å². The topological polar surface area (TPSA) is 58.2 Å². The summed E-state index contributed by atoms with van der Waals surface area (Å²) in [6.07, 6.45) is 1.87. The summed E-state index contributed by atoms with van der Waals surface area (Å²) in [6, 6.07) is 32.2. The van der Waals surface area contributed by atoms with Crippen LogP contribution in [-0.4, -0.2) is 74.9 Å². The van der Waals surface area contributed by atoms with E-state index in [2.05, 4.69) is 87.4 Å². The van der Waals surface area contributed by atoms with Crippen molar-refractivity contribution in [1.82, 2.24) is 0 Å². The molecule has 4 aromatic carbocycles. The van der Waals surface area contributed by atoms with Crippen LogP contribution in [0.4, 0.5) is 11.4 Å². The number of hydrogen-bond acceptors (Lipinski definition) is 4. The van der Waals surface area contributed by atoms with Gasteiger partial charge in [0.2, 0.25) is 0 Å². The van der Waals surface area contributed by atoms with Crippen LogP contribution in [0.25, 0.3) is 0 Å². The average Bonchev–Trinajstić information content (AvgIpc) is 3.01. The first-order chi connectivity index (χ1) is 21.1. The number of benzene rings is 4. The zero-order valence-corrected chi connectivity index (χ0v) is 26.6. The fourth-order valence-electron chi connectivity index (χ4n) is 6.29. The summed E-state index contributed by atoms with van der Waals surface area (Å²) >= 11 is 0. The summed E-state index contributed by atoms with van der Waals surface area (Å²) in [6.45, 7) is 5.32. The molecular formula is C38H46N4O2+2. The lowest BCUT2D eigenvalue weighted by atomic mass is 9.82. The molecule has 0 amide bonds. The van der Waals surface area contributed by atoms with Gasteiger partial charge in [-0.1, -0.05) is 84.9 Å². The van der Waals surface area contributed by atoms with Crippen LogP contribution in [0.15, 0.2) is 97.1 Å². The number of hydrogen-bond donors (Lipinski definition) is 2. The number of anilines is 2. The number of carbonyl (C=O) groups is 2. The Labute approximate surface area is 262 Å². The van der Waals surface area contributed by atoms with Crippen molar-refractivity contribution in [1.29, 1.82) is 0 Å². The molecule has 0 radical (unpaired) electrons. The van der Waals surface area contributed by atoms with Gasteiger partial charge in [-0.25, -0.2) is 0 Å². The predicted octanol–water partition coefficient (Wildman–Crippen LogP) is 6.62. The zero-order valence-electron chi connectivity index (χ0n) is 26.6. The molecule has 6 heteroatoms. The summed E-state index contributed by atoms with van der Waals surface area (Å²) in [5, 5.41) is 7.03. The minimum atomic E-state index is -0.0952. The molecule has 4 aromatic rings. The van der Waals surface area contributed by atoms with E-state index in [1.807, 2.05) is 36.4 Å². The third-order valence-electron chi connectivity index (χ3n) is 8.49. The Bertz CT molecular complexity index is 1480. The lowest BCUT2D eigenvalue weighted by Gasteiger charge is -2.30. The normalized spacial score (nSPS) is 12.9.